The Morgan fingerprint density at radius 3 is 0.969 bits per heavy atom. The van der Waals surface area contributed by atoms with Gasteiger partial charge in [0.25, 0.3) is 0 Å². The second kappa shape index (κ2) is 7.51. The maximum absolute atomic E-state index is 18.3. The third-order valence-corrected chi connectivity index (χ3v) is 9.04. The van der Waals surface area contributed by atoms with Crippen molar-refractivity contribution in [3.8, 4) is 0 Å². The van der Waals surface area contributed by atoms with Crippen LogP contribution in [0.2, 0.25) is 0 Å². The van der Waals surface area contributed by atoms with Gasteiger partial charge in [0.05, 0.1) is 0 Å². The first kappa shape index (κ1) is 19.1. The predicted molar refractivity (Wildman–Crippen MR) is 135 cm³/mol. The van der Waals surface area contributed by atoms with E-state index < -0.39 is 10.4 Å². The van der Waals surface area contributed by atoms with E-state index in [4.69, 9.17) is 0 Å². The number of hydrogen-bond acceptors (Lipinski definition) is 0. The third-order valence-electron chi connectivity index (χ3n) is 6.16. The van der Waals surface area contributed by atoms with Gasteiger partial charge >= 0.3 is 0 Å². The molecule has 6 rings (SSSR count). The summed E-state index contributed by atoms with van der Waals surface area (Å²) in [6.45, 7) is 0. The van der Waals surface area contributed by atoms with Gasteiger partial charge in [0, 0.05) is 14.7 Å². The van der Waals surface area contributed by atoms with Crippen LogP contribution in [0.4, 0.5) is 3.89 Å². The summed E-state index contributed by atoms with van der Waals surface area (Å²) in [6, 6.07) is 42.4. The van der Waals surface area contributed by atoms with Crippen LogP contribution in [0.5, 0.6) is 0 Å². The minimum atomic E-state index is -3.05. The molecule has 0 aliphatic heterocycles. The van der Waals surface area contributed by atoms with Crippen molar-refractivity contribution in [3.05, 3.63) is 127 Å². The Morgan fingerprint density at radius 2 is 0.625 bits per heavy atom. The topological polar surface area (TPSA) is 0 Å². The number of rotatable bonds is 3. The van der Waals surface area contributed by atoms with Crippen molar-refractivity contribution in [1.82, 2.24) is 0 Å². The molecule has 0 aromatic heterocycles. The molecule has 2 heteroatoms. The second-order valence-electron chi connectivity index (χ2n) is 7.97. The van der Waals surface area contributed by atoms with Crippen molar-refractivity contribution in [2.24, 2.45) is 0 Å². The first-order chi connectivity index (χ1) is 15.8. The van der Waals surface area contributed by atoms with E-state index in [0.29, 0.717) is 0 Å². The molecule has 154 valence electrons. The quantitative estimate of drug-likeness (QED) is 0.261. The van der Waals surface area contributed by atoms with E-state index >= 15 is 3.89 Å². The van der Waals surface area contributed by atoms with E-state index in [1.54, 1.807) is 0 Å². The Hall–Kier alpha value is -3.62. The highest BCUT2D eigenvalue weighted by molar-refractivity contribution is 8.30. The predicted octanol–water partition coefficient (Wildman–Crippen LogP) is 9.31. The van der Waals surface area contributed by atoms with Crippen LogP contribution in [0, 0.1) is 0 Å². The van der Waals surface area contributed by atoms with Crippen LogP contribution in [0.1, 0.15) is 0 Å². The lowest BCUT2D eigenvalue weighted by atomic mass is 10.1. The maximum Gasteiger partial charge on any atom is 0.0342 e. The number of hydrogen-bond donors (Lipinski definition) is 0. The molecule has 0 heterocycles. The summed E-state index contributed by atoms with van der Waals surface area (Å²) in [4.78, 5) is 2.26. The zero-order chi connectivity index (χ0) is 21.5. The van der Waals surface area contributed by atoms with Gasteiger partial charge in [-0.3, -0.25) is 0 Å². The minimum Gasteiger partial charge on any atom is -0.175 e. The average Bonchev–Trinajstić information content (AvgIpc) is 2.87. The van der Waals surface area contributed by atoms with E-state index in [2.05, 4.69) is 36.4 Å². The van der Waals surface area contributed by atoms with Gasteiger partial charge in [-0.2, -0.15) is 3.89 Å². The zero-order valence-electron chi connectivity index (χ0n) is 17.4. The van der Waals surface area contributed by atoms with Gasteiger partial charge in [-0.25, -0.2) is 0 Å². The van der Waals surface area contributed by atoms with Gasteiger partial charge < -0.3 is 0 Å². The van der Waals surface area contributed by atoms with Gasteiger partial charge in [-0.15, -0.1) is 0 Å². The molecule has 0 saturated carbocycles. The molecular weight excluding hydrogens is 411 g/mol. The summed E-state index contributed by atoms with van der Waals surface area (Å²) in [6.07, 6.45) is 0. The van der Waals surface area contributed by atoms with Crippen molar-refractivity contribution < 1.29 is 3.89 Å². The maximum atomic E-state index is 18.3. The summed E-state index contributed by atoms with van der Waals surface area (Å²) in [5.74, 6) is 0. The SMILES string of the molecule is FS(c1cccc2ccccc12)(c1cccc2ccccc12)c1cccc2ccccc12. The molecule has 32 heavy (non-hydrogen) atoms. The molecule has 0 nitrogen and oxygen atoms in total. The molecular formula is C30H21FS. The monoisotopic (exact) mass is 432 g/mol. The van der Waals surface area contributed by atoms with Crippen LogP contribution >= 0.6 is 10.4 Å². The molecule has 0 bridgehead atoms. The van der Waals surface area contributed by atoms with E-state index in [-0.39, 0.29) is 0 Å². The fraction of sp³-hybridized carbons (Fsp3) is 0. The third kappa shape index (κ3) is 2.84. The van der Waals surface area contributed by atoms with E-state index in [9.17, 15) is 0 Å². The fourth-order valence-electron chi connectivity index (χ4n) is 4.68. The molecule has 0 fully saturated rings. The Kier molecular flexibility index (Phi) is 4.48. The second-order valence-corrected chi connectivity index (χ2v) is 10.4. The van der Waals surface area contributed by atoms with Crippen molar-refractivity contribution in [1.29, 1.82) is 0 Å². The molecule has 6 aromatic rings. The Labute approximate surface area is 188 Å². The molecule has 0 aliphatic rings. The van der Waals surface area contributed by atoms with Crippen LogP contribution in [0.15, 0.2) is 142 Å². The van der Waals surface area contributed by atoms with Crippen molar-refractivity contribution in [2.75, 3.05) is 0 Å². The van der Waals surface area contributed by atoms with Crippen LogP contribution in [0.3, 0.4) is 0 Å². The molecule has 0 amide bonds. The van der Waals surface area contributed by atoms with Gasteiger partial charge in [-0.1, -0.05) is 109 Å². The number of halogens is 1. The highest BCUT2D eigenvalue weighted by Crippen LogP contribution is 2.73. The fourth-order valence-corrected chi connectivity index (χ4v) is 7.65. The summed E-state index contributed by atoms with van der Waals surface area (Å²) >= 11 is 0. The number of benzene rings is 6. The molecule has 0 atom stereocenters. The first-order valence-electron chi connectivity index (χ1n) is 10.7. The zero-order valence-corrected chi connectivity index (χ0v) is 18.2. The normalized spacial score (nSPS) is 12.4. The average molecular weight is 433 g/mol. The van der Waals surface area contributed by atoms with Crippen molar-refractivity contribution in [3.63, 3.8) is 0 Å². The Bertz CT molecular complexity index is 1390. The van der Waals surface area contributed by atoms with Gasteiger partial charge in [0.15, 0.2) is 0 Å². The molecule has 0 spiro atoms. The summed E-state index contributed by atoms with van der Waals surface area (Å²) in [5.41, 5.74) is 0. The lowest BCUT2D eigenvalue weighted by molar-refractivity contribution is 0.877. The largest absolute Gasteiger partial charge is 0.175 e. The molecule has 0 radical (unpaired) electrons. The summed E-state index contributed by atoms with van der Waals surface area (Å²) < 4.78 is 18.3. The Balaban J connectivity index is 1.81. The molecule has 0 saturated heterocycles. The first-order valence-corrected chi connectivity index (χ1v) is 12.3. The molecule has 0 aliphatic carbocycles. The summed E-state index contributed by atoms with van der Waals surface area (Å²) in [5, 5.41) is 6.06. The molecule has 6 aromatic carbocycles. The van der Waals surface area contributed by atoms with Crippen molar-refractivity contribution in [2.45, 2.75) is 14.7 Å². The van der Waals surface area contributed by atoms with E-state index in [0.717, 1.165) is 47.0 Å². The van der Waals surface area contributed by atoms with Crippen LogP contribution in [-0.2, 0) is 0 Å². The van der Waals surface area contributed by atoms with Gasteiger partial charge in [-0.05, 0) is 60.9 Å². The molecule has 0 N–H and O–H groups in total. The van der Waals surface area contributed by atoms with E-state index in [1.807, 2.05) is 91.0 Å². The van der Waals surface area contributed by atoms with Crippen LogP contribution < -0.4 is 0 Å². The summed E-state index contributed by atoms with van der Waals surface area (Å²) in [7, 11) is -3.05. The minimum absolute atomic E-state index is 0.753. The van der Waals surface area contributed by atoms with Crippen molar-refractivity contribution >= 4 is 42.7 Å². The molecule has 0 unspecified atom stereocenters. The smallest absolute Gasteiger partial charge is 0.0342 e. The highest BCUT2D eigenvalue weighted by atomic mass is 32.3. The van der Waals surface area contributed by atoms with Crippen LogP contribution in [0.25, 0.3) is 32.3 Å². The van der Waals surface area contributed by atoms with Gasteiger partial charge in [0.1, 0.15) is 0 Å². The van der Waals surface area contributed by atoms with E-state index in [1.165, 1.54) is 0 Å². The Morgan fingerprint density at radius 1 is 0.344 bits per heavy atom. The lowest BCUT2D eigenvalue weighted by Crippen LogP contribution is -2.01. The van der Waals surface area contributed by atoms with Crippen LogP contribution in [-0.4, -0.2) is 0 Å². The highest BCUT2D eigenvalue weighted by Gasteiger charge is 2.35. The van der Waals surface area contributed by atoms with Gasteiger partial charge in [0.2, 0.25) is 0 Å². The number of fused-ring (bicyclic) bond motifs is 3. The lowest BCUT2D eigenvalue weighted by Gasteiger charge is -2.35. The standard InChI is InChI=1S/C30H21FS/c31-32(28-19-7-13-22-10-1-4-16-25(22)28,29-20-8-14-23-11-2-5-17-26(23)29)30-21-9-15-24-12-3-6-18-27(24)30/h1-21H.